The number of fused-ring (bicyclic) bond motifs is 1. The van der Waals surface area contributed by atoms with E-state index in [0.29, 0.717) is 6.10 Å². The summed E-state index contributed by atoms with van der Waals surface area (Å²) in [6.45, 7) is 6.14. The molecule has 1 fully saturated rings. The van der Waals surface area contributed by atoms with E-state index in [0.717, 1.165) is 39.1 Å². The topological polar surface area (TPSA) is 39.1 Å². The largest absolute Gasteiger partial charge is 0.376 e. The number of nitrogens with one attached hydrogen (secondary N) is 1. The molecule has 4 nitrogen and oxygen atoms in total. The Balaban J connectivity index is 1.82. The van der Waals surface area contributed by atoms with Gasteiger partial charge in [-0.25, -0.2) is 4.98 Å². The second kappa shape index (κ2) is 5.41. The molecule has 0 aromatic carbocycles. The van der Waals surface area contributed by atoms with E-state index in [1.807, 2.05) is 0 Å². The molecule has 100 valence electrons. The molecule has 3 rings (SSSR count). The first-order valence-corrected chi connectivity index (χ1v) is 7.28. The molecule has 0 bridgehead atoms. The predicted molar refractivity (Wildman–Crippen MR) is 70.6 cm³/mol. The maximum absolute atomic E-state index is 5.88. The van der Waals surface area contributed by atoms with Crippen molar-refractivity contribution in [1.29, 1.82) is 0 Å². The maximum atomic E-state index is 5.88. The zero-order chi connectivity index (χ0) is 12.4. The molecule has 2 aliphatic heterocycles. The van der Waals surface area contributed by atoms with Crippen LogP contribution >= 0.6 is 0 Å². The number of ether oxygens (including phenoxy) is 1. The zero-order valence-electron chi connectivity index (χ0n) is 11.2. The van der Waals surface area contributed by atoms with Crippen molar-refractivity contribution >= 4 is 0 Å². The number of hydrogen-bond donors (Lipinski definition) is 1. The second-order valence-electron chi connectivity index (χ2n) is 5.30. The van der Waals surface area contributed by atoms with Crippen molar-refractivity contribution in [2.45, 2.75) is 58.2 Å². The third-order valence-corrected chi connectivity index (χ3v) is 4.04. The monoisotopic (exact) mass is 249 g/mol. The minimum absolute atomic E-state index is 0.400. The third-order valence-electron chi connectivity index (χ3n) is 4.04. The Morgan fingerprint density at radius 3 is 3.17 bits per heavy atom. The lowest BCUT2D eigenvalue weighted by Crippen LogP contribution is -2.29. The van der Waals surface area contributed by atoms with E-state index in [1.165, 1.54) is 36.5 Å². The fraction of sp³-hybridized carbons (Fsp3) is 0.786. The minimum Gasteiger partial charge on any atom is -0.376 e. The van der Waals surface area contributed by atoms with Gasteiger partial charge < -0.3 is 14.6 Å². The lowest BCUT2D eigenvalue weighted by Gasteiger charge is -2.25. The van der Waals surface area contributed by atoms with E-state index in [-0.39, 0.29) is 0 Å². The summed E-state index contributed by atoms with van der Waals surface area (Å²) in [5.74, 6) is 1.23. The fourth-order valence-corrected chi connectivity index (χ4v) is 3.07. The number of hydrogen-bond acceptors (Lipinski definition) is 3. The molecule has 0 aliphatic carbocycles. The molecule has 1 aromatic heterocycles. The Morgan fingerprint density at radius 2 is 2.39 bits per heavy atom. The van der Waals surface area contributed by atoms with Crippen molar-refractivity contribution in [3.05, 3.63) is 17.2 Å². The lowest BCUT2D eigenvalue weighted by atomic mass is 10.1. The Labute approximate surface area is 109 Å². The Bertz CT molecular complexity index is 407. The van der Waals surface area contributed by atoms with Gasteiger partial charge in [0.25, 0.3) is 0 Å². The summed E-state index contributed by atoms with van der Waals surface area (Å²) in [7, 11) is 0. The standard InChI is InChI=1S/C14H23N3O/c1-2-14-16-12-9-15-7-6-13(12)17(14)10-11-5-3-4-8-18-11/h11,15H,2-10H2,1H3. The molecule has 0 spiro atoms. The van der Waals surface area contributed by atoms with Crippen molar-refractivity contribution < 1.29 is 4.74 Å². The molecule has 0 amide bonds. The highest BCUT2D eigenvalue weighted by molar-refractivity contribution is 5.20. The van der Waals surface area contributed by atoms with E-state index in [9.17, 15) is 0 Å². The van der Waals surface area contributed by atoms with Crippen LogP contribution in [0.5, 0.6) is 0 Å². The van der Waals surface area contributed by atoms with Crippen molar-refractivity contribution in [3.8, 4) is 0 Å². The molecule has 3 heterocycles. The Morgan fingerprint density at radius 1 is 1.44 bits per heavy atom. The highest BCUT2D eigenvalue weighted by Crippen LogP contribution is 2.21. The highest BCUT2D eigenvalue weighted by Gasteiger charge is 2.22. The van der Waals surface area contributed by atoms with Gasteiger partial charge in [0.15, 0.2) is 0 Å². The van der Waals surface area contributed by atoms with Gasteiger partial charge in [0.2, 0.25) is 0 Å². The first kappa shape index (κ1) is 12.2. The average molecular weight is 249 g/mol. The highest BCUT2D eigenvalue weighted by atomic mass is 16.5. The molecular formula is C14H23N3O. The molecule has 0 radical (unpaired) electrons. The van der Waals surface area contributed by atoms with Gasteiger partial charge in [-0.3, -0.25) is 0 Å². The molecule has 2 aliphatic rings. The summed E-state index contributed by atoms with van der Waals surface area (Å²) in [6, 6.07) is 0. The van der Waals surface area contributed by atoms with Crippen LogP contribution in [-0.2, 0) is 30.7 Å². The molecular weight excluding hydrogens is 226 g/mol. The van der Waals surface area contributed by atoms with Gasteiger partial charge in [-0.05, 0) is 19.3 Å². The van der Waals surface area contributed by atoms with Gasteiger partial charge in [0.1, 0.15) is 5.82 Å². The van der Waals surface area contributed by atoms with Crippen molar-refractivity contribution in [1.82, 2.24) is 14.9 Å². The molecule has 1 atom stereocenters. The van der Waals surface area contributed by atoms with Gasteiger partial charge >= 0.3 is 0 Å². The maximum Gasteiger partial charge on any atom is 0.109 e. The number of aryl methyl sites for hydroxylation is 1. The molecule has 18 heavy (non-hydrogen) atoms. The summed E-state index contributed by atoms with van der Waals surface area (Å²) >= 11 is 0. The summed E-state index contributed by atoms with van der Waals surface area (Å²) in [4.78, 5) is 4.78. The number of rotatable bonds is 3. The van der Waals surface area contributed by atoms with Crippen molar-refractivity contribution in [3.63, 3.8) is 0 Å². The first-order chi connectivity index (χ1) is 8.88. The van der Waals surface area contributed by atoms with Crippen LogP contribution in [0.3, 0.4) is 0 Å². The van der Waals surface area contributed by atoms with Crippen molar-refractivity contribution in [2.24, 2.45) is 0 Å². The van der Waals surface area contributed by atoms with Gasteiger partial charge in [0, 0.05) is 38.2 Å². The average Bonchev–Trinajstić information content (AvgIpc) is 2.78. The summed E-state index contributed by atoms with van der Waals surface area (Å²) in [5, 5.41) is 3.40. The summed E-state index contributed by atoms with van der Waals surface area (Å²) < 4.78 is 8.31. The van der Waals surface area contributed by atoms with Crippen LogP contribution in [0.25, 0.3) is 0 Å². The molecule has 0 saturated carbocycles. The van der Waals surface area contributed by atoms with Crippen LogP contribution in [-0.4, -0.2) is 28.8 Å². The van der Waals surface area contributed by atoms with E-state index in [4.69, 9.17) is 9.72 Å². The van der Waals surface area contributed by atoms with E-state index in [1.54, 1.807) is 0 Å². The second-order valence-corrected chi connectivity index (χ2v) is 5.30. The van der Waals surface area contributed by atoms with Crippen LogP contribution in [0.4, 0.5) is 0 Å². The van der Waals surface area contributed by atoms with Crippen LogP contribution < -0.4 is 5.32 Å². The normalized spacial score (nSPS) is 23.9. The Kier molecular flexibility index (Phi) is 3.66. The van der Waals surface area contributed by atoms with Gasteiger partial charge in [0.05, 0.1) is 18.3 Å². The van der Waals surface area contributed by atoms with E-state index < -0.39 is 0 Å². The SMILES string of the molecule is CCc1nc2c(n1CC1CCCCO1)CCNC2. The van der Waals surface area contributed by atoms with E-state index in [2.05, 4.69) is 16.8 Å². The fourth-order valence-electron chi connectivity index (χ4n) is 3.07. The van der Waals surface area contributed by atoms with Crippen molar-refractivity contribution in [2.75, 3.05) is 13.2 Å². The molecule has 1 N–H and O–H groups in total. The van der Waals surface area contributed by atoms with Crippen LogP contribution in [0.15, 0.2) is 0 Å². The van der Waals surface area contributed by atoms with Crippen LogP contribution in [0.2, 0.25) is 0 Å². The Hall–Kier alpha value is -0.870. The molecule has 1 unspecified atom stereocenters. The first-order valence-electron chi connectivity index (χ1n) is 7.28. The number of imidazole rings is 1. The number of nitrogens with zero attached hydrogens (tertiary/aromatic N) is 2. The lowest BCUT2D eigenvalue weighted by molar-refractivity contribution is 0.00510. The van der Waals surface area contributed by atoms with Crippen LogP contribution in [0.1, 0.15) is 43.4 Å². The molecule has 1 saturated heterocycles. The summed E-state index contributed by atoms with van der Waals surface area (Å²) in [6.07, 6.45) is 6.26. The van der Waals surface area contributed by atoms with Gasteiger partial charge in [-0.15, -0.1) is 0 Å². The van der Waals surface area contributed by atoms with Gasteiger partial charge in [-0.2, -0.15) is 0 Å². The van der Waals surface area contributed by atoms with E-state index >= 15 is 0 Å². The summed E-state index contributed by atoms with van der Waals surface area (Å²) in [5.41, 5.74) is 2.70. The number of aromatic nitrogens is 2. The predicted octanol–water partition coefficient (Wildman–Crippen LogP) is 1.66. The van der Waals surface area contributed by atoms with Gasteiger partial charge in [-0.1, -0.05) is 6.92 Å². The molecule has 4 heteroatoms. The quantitative estimate of drug-likeness (QED) is 0.885. The smallest absolute Gasteiger partial charge is 0.109 e. The minimum atomic E-state index is 0.400. The zero-order valence-corrected chi connectivity index (χ0v) is 11.2. The third kappa shape index (κ3) is 2.31. The molecule has 1 aromatic rings. The van der Waals surface area contributed by atoms with Crippen LogP contribution in [0, 0.1) is 0 Å².